The van der Waals surface area contributed by atoms with Crippen LogP contribution in [-0.2, 0) is 20.1 Å². The van der Waals surface area contributed by atoms with Crippen LogP contribution in [0.15, 0.2) is 30.5 Å². The van der Waals surface area contributed by atoms with Gasteiger partial charge in [-0.15, -0.1) is 0 Å². The fraction of sp³-hybridized carbons (Fsp3) is 0.308. The average Bonchev–Trinajstić information content (AvgIpc) is 2.84. The first-order valence-electron chi connectivity index (χ1n) is 6.09. The molecule has 1 aromatic carbocycles. The summed E-state index contributed by atoms with van der Waals surface area (Å²) in [6.07, 6.45) is 2.29. The predicted octanol–water partition coefficient (Wildman–Crippen LogP) is 1.44. The molecule has 0 aliphatic carbocycles. The maximum absolute atomic E-state index is 11.0. The van der Waals surface area contributed by atoms with E-state index in [-0.39, 0.29) is 18.0 Å². The zero-order valence-electron chi connectivity index (χ0n) is 11.0. The van der Waals surface area contributed by atoms with Gasteiger partial charge in [0.05, 0.1) is 18.1 Å². The Bertz CT molecular complexity index is 609. The Morgan fingerprint density at radius 1 is 1.45 bits per heavy atom. The molecule has 2 aromatic rings. The molecular formula is C13H15N3O4. The van der Waals surface area contributed by atoms with Crippen LogP contribution in [0.2, 0.25) is 0 Å². The van der Waals surface area contributed by atoms with E-state index in [4.69, 9.17) is 9.84 Å². The van der Waals surface area contributed by atoms with Gasteiger partial charge in [-0.3, -0.25) is 14.8 Å². The van der Waals surface area contributed by atoms with Gasteiger partial charge in [0.1, 0.15) is 0 Å². The van der Waals surface area contributed by atoms with Gasteiger partial charge < -0.3 is 9.84 Å². The zero-order chi connectivity index (χ0) is 14.5. The number of hydrogen-bond donors (Lipinski definition) is 1. The van der Waals surface area contributed by atoms with E-state index in [2.05, 4.69) is 5.10 Å². The molecule has 1 N–H and O–H groups in total. The lowest BCUT2D eigenvalue weighted by molar-refractivity contribution is -0.386. The number of ether oxygens (including phenoxy) is 1. The summed E-state index contributed by atoms with van der Waals surface area (Å²) in [5.41, 5.74) is 1.33. The summed E-state index contributed by atoms with van der Waals surface area (Å²) >= 11 is 0. The first kappa shape index (κ1) is 14.0. The maximum atomic E-state index is 11.0. The smallest absolute Gasteiger partial charge is 0.311 e. The van der Waals surface area contributed by atoms with Crippen molar-refractivity contribution in [3.63, 3.8) is 0 Å². The normalized spacial score (nSPS) is 10.5. The number of aliphatic hydroxyl groups is 1. The Morgan fingerprint density at radius 2 is 2.25 bits per heavy atom. The molecule has 0 amide bonds. The minimum Gasteiger partial charge on any atom is -0.486 e. The van der Waals surface area contributed by atoms with Gasteiger partial charge in [0, 0.05) is 31.4 Å². The molecule has 20 heavy (non-hydrogen) atoms. The molecule has 0 unspecified atom stereocenters. The van der Waals surface area contributed by atoms with Crippen LogP contribution in [0.4, 0.5) is 5.69 Å². The lowest BCUT2D eigenvalue weighted by Gasteiger charge is -2.08. The van der Waals surface area contributed by atoms with Crippen molar-refractivity contribution >= 4 is 5.69 Å². The summed E-state index contributed by atoms with van der Waals surface area (Å²) < 4.78 is 7.19. The molecule has 0 spiro atoms. The maximum Gasteiger partial charge on any atom is 0.311 e. The fourth-order valence-electron chi connectivity index (χ4n) is 1.84. The SMILES string of the molecule is Cn1nccc1CCOc1ccc(CO)cc1[N+](=O)[O-]. The number of nitrogens with zero attached hydrogens (tertiary/aromatic N) is 3. The molecule has 0 saturated heterocycles. The van der Waals surface area contributed by atoms with E-state index in [1.54, 1.807) is 16.9 Å². The Labute approximate surface area is 115 Å². The molecule has 1 aromatic heterocycles. The van der Waals surface area contributed by atoms with Gasteiger partial charge in [0.15, 0.2) is 5.75 Å². The van der Waals surface area contributed by atoms with Crippen molar-refractivity contribution in [3.8, 4) is 5.75 Å². The van der Waals surface area contributed by atoms with Crippen molar-refractivity contribution in [1.82, 2.24) is 9.78 Å². The fourth-order valence-corrected chi connectivity index (χ4v) is 1.84. The number of aromatic nitrogens is 2. The Kier molecular flexibility index (Phi) is 4.31. The van der Waals surface area contributed by atoms with Crippen LogP contribution in [0.1, 0.15) is 11.3 Å². The molecule has 0 fully saturated rings. The average molecular weight is 277 g/mol. The number of nitro groups is 1. The van der Waals surface area contributed by atoms with Gasteiger partial charge in [-0.25, -0.2) is 0 Å². The second-order valence-corrected chi connectivity index (χ2v) is 4.26. The Morgan fingerprint density at radius 3 is 2.85 bits per heavy atom. The van der Waals surface area contributed by atoms with Crippen molar-refractivity contribution in [1.29, 1.82) is 0 Å². The number of nitro benzene ring substituents is 1. The van der Waals surface area contributed by atoms with E-state index in [1.807, 2.05) is 13.1 Å². The van der Waals surface area contributed by atoms with E-state index in [1.165, 1.54) is 12.1 Å². The summed E-state index contributed by atoms with van der Waals surface area (Å²) in [4.78, 5) is 10.5. The van der Waals surface area contributed by atoms with Gasteiger partial charge in [0.25, 0.3) is 0 Å². The highest BCUT2D eigenvalue weighted by molar-refractivity contribution is 5.48. The lowest BCUT2D eigenvalue weighted by Crippen LogP contribution is -2.07. The van der Waals surface area contributed by atoms with Gasteiger partial charge in [-0.1, -0.05) is 6.07 Å². The monoisotopic (exact) mass is 277 g/mol. The molecule has 0 aliphatic rings. The van der Waals surface area contributed by atoms with E-state index in [0.29, 0.717) is 18.6 Å². The van der Waals surface area contributed by atoms with Crippen LogP contribution in [0.3, 0.4) is 0 Å². The summed E-state index contributed by atoms with van der Waals surface area (Å²) in [5, 5.41) is 24.0. The van der Waals surface area contributed by atoms with Crippen LogP contribution in [0, 0.1) is 10.1 Å². The highest BCUT2D eigenvalue weighted by atomic mass is 16.6. The van der Waals surface area contributed by atoms with E-state index >= 15 is 0 Å². The van der Waals surface area contributed by atoms with Crippen molar-refractivity contribution in [2.24, 2.45) is 7.05 Å². The summed E-state index contributed by atoms with van der Waals surface area (Å²) in [7, 11) is 1.83. The number of aliphatic hydroxyl groups excluding tert-OH is 1. The highest BCUT2D eigenvalue weighted by Crippen LogP contribution is 2.28. The zero-order valence-corrected chi connectivity index (χ0v) is 11.0. The van der Waals surface area contributed by atoms with Gasteiger partial charge in [-0.05, 0) is 17.7 Å². The molecule has 0 aliphatic heterocycles. The molecule has 2 rings (SSSR count). The number of rotatable bonds is 6. The van der Waals surface area contributed by atoms with Crippen LogP contribution < -0.4 is 4.74 Å². The molecular weight excluding hydrogens is 262 g/mol. The molecule has 0 atom stereocenters. The minimum absolute atomic E-state index is 0.137. The summed E-state index contributed by atoms with van der Waals surface area (Å²) in [5.74, 6) is 0.203. The quantitative estimate of drug-likeness (QED) is 0.637. The topological polar surface area (TPSA) is 90.4 Å². The third-order valence-corrected chi connectivity index (χ3v) is 2.94. The van der Waals surface area contributed by atoms with E-state index in [9.17, 15) is 10.1 Å². The Balaban J connectivity index is 2.05. The second-order valence-electron chi connectivity index (χ2n) is 4.26. The lowest BCUT2D eigenvalue weighted by atomic mass is 10.2. The van der Waals surface area contributed by atoms with Gasteiger partial charge in [-0.2, -0.15) is 5.10 Å². The van der Waals surface area contributed by atoms with E-state index in [0.717, 1.165) is 5.69 Å². The van der Waals surface area contributed by atoms with Gasteiger partial charge in [0.2, 0.25) is 0 Å². The summed E-state index contributed by atoms with van der Waals surface area (Å²) in [6.45, 7) is 0.0784. The molecule has 0 saturated carbocycles. The van der Waals surface area contributed by atoms with Crippen molar-refractivity contribution in [3.05, 3.63) is 51.8 Å². The number of benzene rings is 1. The standard InChI is InChI=1S/C13H15N3O4/c1-15-11(4-6-14-15)5-7-20-13-3-2-10(9-17)8-12(13)16(18)19/h2-4,6,8,17H,5,7,9H2,1H3. The predicted molar refractivity (Wildman–Crippen MR) is 71.4 cm³/mol. The number of hydrogen-bond acceptors (Lipinski definition) is 5. The van der Waals surface area contributed by atoms with Crippen LogP contribution in [-0.4, -0.2) is 26.4 Å². The van der Waals surface area contributed by atoms with Crippen LogP contribution in [0.25, 0.3) is 0 Å². The van der Waals surface area contributed by atoms with Crippen molar-refractivity contribution in [2.75, 3.05) is 6.61 Å². The first-order valence-corrected chi connectivity index (χ1v) is 6.09. The van der Waals surface area contributed by atoms with Crippen molar-refractivity contribution in [2.45, 2.75) is 13.0 Å². The van der Waals surface area contributed by atoms with Crippen LogP contribution in [0.5, 0.6) is 5.75 Å². The van der Waals surface area contributed by atoms with E-state index < -0.39 is 4.92 Å². The van der Waals surface area contributed by atoms with Crippen LogP contribution >= 0.6 is 0 Å². The summed E-state index contributed by atoms with van der Waals surface area (Å²) in [6, 6.07) is 6.30. The third kappa shape index (κ3) is 3.12. The second kappa shape index (κ2) is 6.16. The minimum atomic E-state index is -0.515. The molecule has 7 nitrogen and oxygen atoms in total. The number of aryl methyl sites for hydroxylation is 1. The Hall–Kier alpha value is -2.41. The van der Waals surface area contributed by atoms with Gasteiger partial charge >= 0.3 is 5.69 Å². The molecule has 1 heterocycles. The largest absolute Gasteiger partial charge is 0.486 e. The third-order valence-electron chi connectivity index (χ3n) is 2.94. The molecule has 0 bridgehead atoms. The molecule has 7 heteroatoms. The van der Waals surface area contributed by atoms with Crippen molar-refractivity contribution < 1.29 is 14.8 Å². The molecule has 106 valence electrons. The first-order chi connectivity index (χ1) is 9.61. The molecule has 0 radical (unpaired) electrons. The highest BCUT2D eigenvalue weighted by Gasteiger charge is 2.15.